The average Bonchev–Trinajstić information content (AvgIpc) is 3.57. The molecule has 5 heterocycles. The summed E-state index contributed by atoms with van der Waals surface area (Å²) in [5, 5.41) is 39.6. The number of aromatic amines is 1. The van der Waals surface area contributed by atoms with E-state index in [4.69, 9.17) is 34.8 Å². The number of H-pyrrole nitrogens is 1. The van der Waals surface area contributed by atoms with Crippen molar-refractivity contribution in [2.75, 3.05) is 18.9 Å². The number of nitrogens with one attached hydrogen (secondary N) is 1. The van der Waals surface area contributed by atoms with E-state index in [-0.39, 0.29) is 31.8 Å². The summed E-state index contributed by atoms with van der Waals surface area (Å²) in [5.74, 6) is -0.0225. The number of hydrogen-bond acceptors (Lipinski definition) is 16. The highest BCUT2D eigenvalue weighted by molar-refractivity contribution is 7.46. The molecule has 8 unspecified atom stereocenters. The van der Waals surface area contributed by atoms with Crippen molar-refractivity contribution in [3.05, 3.63) is 45.8 Å². The van der Waals surface area contributed by atoms with Crippen molar-refractivity contribution in [2.24, 2.45) is 0 Å². The van der Waals surface area contributed by atoms with Crippen LogP contribution < -0.4 is 17.0 Å². The predicted octanol–water partition coefficient (Wildman–Crippen LogP) is -3.33. The minimum Gasteiger partial charge on any atom is -0.387 e. The Kier molecular flexibility index (Phi) is 13.0. The molecule has 2 fully saturated rings. The number of hydrogen-bond donors (Lipinski definition) is 10. The largest absolute Gasteiger partial charge is 0.469 e. The van der Waals surface area contributed by atoms with Crippen molar-refractivity contribution in [1.82, 2.24) is 29.1 Å². The molecule has 0 bridgehead atoms. The third kappa shape index (κ3) is 9.08. The summed E-state index contributed by atoms with van der Waals surface area (Å²) in [6.07, 6.45) is -7.12. The summed E-state index contributed by atoms with van der Waals surface area (Å²) in [7, 11) is -9.48. The molecule has 8 atom stereocenters. The Morgan fingerprint density at radius 2 is 1.35 bits per heavy atom. The van der Waals surface area contributed by atoms with Crippen LogP contribution in [0.15, 0.2) is 34.5 Å². The van der Waals surface area contributed by atoms with E-state index in [0.29, 0.717) is 0 Å². The molecule has 0 aromatic carbocycles. The van der Waals surface area contributed by atoms with E-state index in [1.807, 2.05) is 0 Å². The molecule has 0 amide bonds. The van der Waals surface area contributed by atoms with Gasteiger partial charge in [-0.25, -0.2) is 23.9 Å². The number of nitrogen functional groups attached to an aromatic ring is 1. The van der Waals surface area contributed by atoms with Gasteiger partial charge in [0.05, 0.1) is 25.9 Å². The first kappa shape index (κ1) is 39.2. The quantitative estimate of drug-likeness (QED) is 0.103. The predicted molar refractivity (Wildman–Crippen MR) is 152 cm³/mol. The molecule has 3 aromatic rings. The number of ether oxygens (including phenoxy) is 2. The summed E-state index contributed by atoms with van der Waals surface area (Å²) in [4.78, 5) is 71.4. The number of aromatic nitrogens is 6. The Bertz CT molecular complexity index is 1670. The maximum Gasteiger partial charge on any atom is 0.469 e. The fourth-order valence-corrected chi connectivity index (χ4v) is 4.89. The number of rotatable bonds is 8. The Morgan fingerprint density at radius 3 is 1.83 bits per heavy atom. The van der Waals surface area contributed by atoms with Crippen LogP contribution in [0.3, 0.4) is 0 Å². The van der Waals surface area contributed by atoms with Gasteiger partial charge in [-0.3, -0.25) is 23.0 Å². The number of aliphatic hydroxyl groups excluding tert-OH is 4. The van der Waals surface area contributed by atoms with Crippen molar-refractivity contribution in [3.8, 4) is 0 Å². The van der Waals surface area contributed by atoms with Gasteiger partial charge in [-0.15, -0.1) is 0 Å². The van der Waals surface area contributed by atoms with E-state index in [1.54, 1.807) is 0 Å². The Morgan fingerprint density at radius 1 is 0.848 bits per heavy atom. The Labute approximate surface area is 258 Å². The standard InChI is InChI=1S/C10H13N4O8P.C9H14N3O8P.2CH4/c15-6-4(1-21-23(18,19)20)22-10(7(6)16)14-3-13-5-8(14)11-2-12-9(5)17;10-5-1-2-12(9(15)11-5)8-7(14)6(13)4(20-8)3-19-21(16,17)18;;/h2-4,6-7,10,15-16H,1H2,(H,11,12,17)(H2,18,19,20);1-2,4,6-8,13-14H,3H2,(H2,10,11,15)(H2,16,17,18);2*1H4. The van der Waals surface area contributed by atoms with Crippen molar-refractivity contribution in [2.45, 2.75) is 63.9 Å². The van der Waals surface area contributed by atoms with Gasteiger partial charge in [0.1, 0.15) is 42.4 Å². The molecule has 5 rings (SSSR count). The van der Waals surface area contributed by atoms with Crippen LogP contribution in [-0.2, 0) is 27.7 Å². The van der Waals surface area contributed by atoms with Gasteiger partial charge in [0.15, 0.2) is 23.6 Å². The van der Waals surface area contributed by atoms with Crippen LogP contribution >= 0.6 is 15.6 Å². The van der Waals surface area contributed by atoms with Crippen LogP contribution in [0.4, 0.5) is 5.82 Å². The topological polar surface area (TPSA) is 357 Å². The number of phosphoric ester groups is 2. The molecule has 0 saturated carbocycles. The molecule has 2 aliphatic rings. The maximum absolute atomic E-state index is 11.6. The number of anilines is 1. The van der Waals surface area contributed by atoms with Crippen molar-refractivity contribution >= 4 is 32.6 Å². The zero-order valence-electron chi connectivity index (χ0n) is 21.9. The van der Waals surface area contributed by atoms with Gasteiger partial charge < -0.3 is 60.2 Å². The lowest BCUT2D eigenvalue weighted by molar-refractivity contribution is -0.0542. The highest BCUT2D eigenvalue weighted by Crippen LogP contribution is 2.39. The lowest BCUT2D eigenvalue weighted by Gasteiger charge is -2.16. The summed E-state index contributed by atoms with van der Waals surface area (Å²) in [6, 6.07) is 1.29. The molecule has 23 nitrogen and oxygen atoms in total. The van der Waals surface area contributed by atoms with Crippen LogP contribution in [-0.4, -0.2) is 119 Å². The molecule has 0 radical (unpaired) electrons. The van der Waals surface area contributed by atoms with E-state index in [2.05, 4.69) is 29.0 Å². The molecule has 2 saturated heterocycles. The molecule has 0 spiro atoms. The molecule has 2 aliphatic heterocycles. The molecule has 260 valence electrons. The number of aliphatic hydroxyl groups is 4. The Hall–Kier alpha value is -2.99. The number of phosphoric acid groups is 2. The van der Waals surface area contributed by atoms with Gasteiger partial charge in [-0.05, 0) is 6.07 Å². The maximum atomic E-state index is 11.6. The van der Waals surface area contributed by atoms with Crippen LogP contribution in [0.2, 0.25) is 0 Å². The number of nitrogens with two attached hydrogens (primary N) is 1. The fraction of sp³-hybridized carbons (Fsp3) is 0.571. The first-order valence-corrected chi connectivity index (χ1v) is 15.2. The van der Waals surface area contributed by atoms with Gasteiger partial charge in [-0.1, -0.05) is 14.9 Å². The second-order valence-electron chi connectivity index (χ2n) is 9.26. The summed E-state index contributed by atoms with van der Waals surface area (Å²) < 4.78 is 42.5. The normalized spacial score (nSPS) is 27.8. The smallest absolute Gasteiger partial charge is 0.387 e. The number of fused-ring (bicyclic) bond motifs is 1. The summed E-state index contributed by atoms with van der Waals surface area (Å²) in [6.45, 7) is -1.28. The fourth-order valence-electron chi connectivity index (χ4n) is 4.20. The zero-order valence-corrected chi connectivity index (χ0v) is 23.7. The van der Waals surface area contributed by atoms with Gasteiger partial charge in [0.2, 0.25) is 0 Å². The molecule has 3 aromatic heterocycles. The van der Waals surface area contributed by atoms with Gasteiger partial charge >= 0.3 is 21.3 Å². The first-order chi connectivity index (χ1) is 20.5. The first-order valence-electron chi connectivity index (χ1n) is 12.1. The third-order valence-electron chi connectivity index (χ3n) is 6.25. The summed E-state index contributed by atoms with van der Waals surface area (Å²) in [5.41, 5.74) is 4.19. The van der Waals surface area contributed by atoms with Crippen LogP contribution in [0.25, 0.3) is 11.2 Å². The molecule has 11 N–H and O–H groups in total. The highest BCUT2D eigenvalue weighted by atomic mass is 31.2. The van der Waals surface area contributed by atoms with Gasteiger partial charge in [0.25, 0.3) is 5.56 Å². The minimum atomic E-state index is -4.74. The van der Waals surface area contributed by atoms with E-state index in [0.717, 1.165) is 10.9 Å². The second kappa shape index (κ2) is 15.3. The zero-order chi connectivity index (χ0) is 32.6. The van der Waals surface area contributed by atoms with E-state index < -0.39 is 89.2 Å². The monoisotopic (exact) mass is 703 g/mol. The lowest BCUT2D eigenvalue weighted by atomic mass is 10.1. The highest BCUT2D eigenvalue weighted by Gasteiger charge is 2.46. The molecule has 46 heavy (non-hydrogen) atoms. The van der Waals surface area contributed by atoms with Crippen molar-refractivity contribution in [3.63, 3.8) is 0 Å². The average molecular weight is 703 g/mol. The minimum absolute atomic E-state index is 0. The number of imidazole rings is 1. The molecular weight excluding hydrogens is 668 g/mol. The SMILES string of the molecule is C.C.Nc1ccn(C2OC(COP(=O)(O)O)C(O)C2O)c(=O)n1.O=c1[nH]cnc2c1ncn2C1OC(COP(=O)(O)O)C(O)C1O. The molecular formula is C21H35N7O16P2. The van der Waals surface area contributed by atoms with Crippen LogP contribution in [0, 0.1) is 0 Å². The number of nitrogens with zero attached hydrogens (tertiary/aromatic N) is 5. The lowest BCUT2D eigenvalue weighted by Crippen LogP contribution is -2.36. The molecule has 25 heteroatoms. The van der Waals surface area contributed by atoms with Crippen LogP contribution in [0.1, 0.15) is 27.3 Å². The second-order valence-corrected chi connectivity index (χ2v) is 11.7. The third-order valence-corrected chi connectivity index (χ3v) is 7.22. The van der Waals surface area contributed by atoms with Gasteiger partial charge in [0, 0.05) is 6.20 Å². The van der Waals surface area contributed by atoms with Crippen LogP contribution in [0.5, 0.6) is 0 Å². The van der Waals surface area contributed by atoms with E-state index in [9.17, 15) is 39.1 Å². The van der Waals surface area contributed by atoms with E-state index in [1.165, 1.54) is 23.2 Å². The van der Waals surface area contributed by atoms with Gasteiger partial charge in [-0.2, -0.15) is 4.98 Å². The summed E-state index contributed by atoms with van der Waals surface area (Å²) >= 11 is 0. The van der Waals surface area contributed by atoms with E-state index >= 15 is 0 Å². The Balaban J connectivity index is 0.000000308. The van der Waals surface area contributed by atoms with Crippen molar-refractivity contribution in [1.29, 1.82) is 0 Å². The van der Waals surface area contributed by atoms with Crippen molar-refractivity contribution < 1.29 is 67.7 Å². The molecule has 0 aliphatic carbocycles.